The Labute approximate surface area is 141 Å². The van der Waals surface area contributed by atoms with Gasteiger partial charge in [0.1, 0.15) is 17.4 Å². The van der Waals surface area contributed by atoms with E-state index in [0.29, 0.717) is 12.5 Å². The molecule has 1 aromatic heterocycles. The molecular weight excluding hydrogens is 332 g/mol. The predicted octanol–water partition coefficient (Wildman–Crippen LogP) is 3.20. The van der Waals surface area contributed by atoms with Gasteiger partial charge in [-0.1, -0.05) is 17.2 Å². The Kier molecular flexibility index (Phi) is 4.69. The van der Waals surface area contributed by atoms with Gasteiger partial charge < -0.3 is 9.15 Å². The highest BCUT2D eigenvalue weighted by atomic mass is 19.1. The number of halogens is 2. The molecule has 0 spiro atoms. The number of hydrogen-bond acceptors (Lipinski definition) is 5. The highest BCUT2D eigenvalue weighted by Crippen LogP contribution is 2.16. The number of carbonyl (C=O) groups excluding carboxylic acids is 1. The summed E-state index contributed by atoms with van der Waals surface area (Å²) >= 11 is 0. The third kappa shape index (κ3) is 3.97. The van der Waals surface area contributed by atoms with Crippen LogP contribution in [0.1, 0.15) is 21.8 Å². The van der Waals surface area contributed by atoms with Gasteiger partial charge in [-0.2, -0.15) is 0 Å². The molecule has 1 amide bonds. The number of anilines is 1. The smallest absolute Gasteiger partial charge is 0.322 e. The van der Waals surface area contributed by atoms with Crippen molar-refractivity contribution < 1.29 is 22.7 Å². The molecule has 0 aliphatic rings. The van der Waals surface area contributed by atoms with Crippen molar-refractivity contribution in [1.29, 1.82) is 0 Å². The van der Waals surface area contributed by atoms with Crippen LogP contribution in [0.5, 0.6) is 5.75 Å². The van der Waals surface area contributed by atoms with Gasteiger partial charge in [0.2, 0.25) is 5.89 Å². The van der Waals surface area contributed by atoms with Gasteiger partial charge in [-0.05, 0) is 29.8 Å². The summed E-state index contributed by atoms with van der Waals surface area (Å²) in [7, 11) is 1.58. The molecule has 0 unspecified atom stereocenters. The van der Waals surface area contributed by atoms with Gasteiger partial charge in [-0.3, -0.25) is 10.1 Å². The van der Waals surface area contributed by atoms with E-state index >= 15 is 0 Å². The van der Waals surface area contributed by atoms with E-state index in [4.69, 9.17) is 9.15 Å². The monoisotopic (exact) mass is 345 g/mol. The lowest BCUT2D eigenvalue weighted by Crippen LogP contribution is -2.14. The second-order valence-electron chi connectivity index (χ2n) is 5.10. The lowest BCUT2D eigenvalue weighted by molar-refractivity contribution is 0.102. The van der Waals surface area contributed by atoms with Crippen LogP contribution in [0.3, 0.4) is 0 Å². The van der Waals surface area contributed by atoms with Crippen LogP contribution in [0.15, 0.2) is 46.9 Å². The van der Waals surface area contributed by atoms with Gasteiger partial charge in [0.25, 0.3) is 5.91 Å². The van der Waals surface area contributed by atoms with Crippen LogP contribution in [-0.2, 0) is 6.42 Å². The first-order valence-electron chi connectivity index (χ1n) is 7.27. The molecule has 2 aromatic carbocycles. The average molecular weight is 345 g/mol. The van der Waals surface area contributed by atoms with Crippen molar-refractivity contribution >= 4 is 11.9 Å². The molecule has 25 heavy (non-hydrogen) atoms. The molecular formula is C17H13F2N3O3. The molecule has 0 aliphatic carbocycles. The van der Waals surface area contributed by atoms with Crippen molar-refractivity contribution in [3.8, 4) is 5.75 Å². The molecule has 3 rings (SSSR count). The van der Waals surface area contributed by atoms with Crippen molar-refractivity contribution in [2.24, 2.45) is 0 Å². The normalized spacial score (nSPS) is 10.5. The fraction of sp³-hybridized carbons (Fsp3) is 0.118. The van der Waals surface area contributed by atoms with Crippen LogP contribution in [-0.4, -0.2) is 23.2 Å². The predicted molar refractivity (Wildman–Crippen MR) is 84.4 cm³/mol. The van der Waals surface area contributed by atoms with Crippen LogP contribution < -0.4 is 10.1 Å². The third-order valence-electron chi connectivity index (χ3n) is 3.38. The van der Waals surface area contributed by atoms with E-state index in [-0.39, 0.29) is 17.5 Å². The van der Waals surface area contributed by atoms with Crippen molar-refractivity contribution in [2.45, 2.75) is 6.42 Å². The van der Waals surface area contributed by atoms with Gasteiger partial charge in [0, 0.05) is 6.07 Å². The molecule has 128 valence electrons. The minimum absolute atomic E-state index is 0.169. The molecule has 0 radical (unpaired) electrons. The summed E-state index contributed by atoms with van der Waals surface area (Å²) in [5.74, 6) is -1.55. The van der Waals surface area contributed by atoms with Crippen molar-refractivity contribution in [2.75, 3.05) is 12.4 Å². The fourth-order valence-corrected chi connectivity index (χ4v) is 2.13. The van der Waals surface area contributed by atoms with E-state index in [1.165, 1.54) is 0 Å². The highest BCUT2D eigenvalue weighted by Gasteiger charge is 2.16. The maximum Gasteiger partial charge on any atom is 0.322 e. The molecule has 8 heteroatoms. The number of amides is 1. The van der Waals surface area contributed by atoms with Gasteiger partial charge in [-0.25, -0.2) is 8.78 Å². The Bertz CT molecular complexity index is 894. The summed E-state index contributed by atoms with van der Waals surface area (Å²) in [6.07, 6.45) is 0.359. The lowest BCUT2D eigenvalue weighted by Gasteiger charge is -2.02. The number of benzene rings is 2. The molecule has 1 heterocycles. The first kappa shape index (κ1) is 16.6. The SMILES string of the molecule is COc1ccc(Cc2nnc(NC(=O)c3ccc(F)cc3F)o2)cc1. The zero-order valence-electron chi connectivity index (χ0n) is 13.1. The largest absolute Gasteiger partial charge is 0.497 e. The molecule has 6 nitrogen and oxygen atoms in total. The van der Waals surface area contributed by atoms with E-state index in [0.717, 1.165) is 23.4 Å². The Balaban J connectivity index is 1.67. The van der Waals surface area contributed by atoms with Gasteiger partial charge in [0.05, 0.1) is 19.1 Å². The lowest BCUT2D eigenvalue weighted by atomic mass is 10.1. The van der Waals surface area contributed by atoms with Gasteiger partial charge >= 0.3 is 6.01 Å². The van der Waals surface area contributed by atoms with Crippen LogP contribution in [0.25, 0.3) is 0 Å². The summed E-state index contributed by atoms with van der Waals surface area (Å²) in [5, 5.41) is 9.79. The highest BCUT2D eigenvalue weighted by molar-refractivity contribution is 6.03. The summed E-state index contributed by atoms with van der Waals surface area (Å²) in [6.45, 7) is 0. The topological polar surface area (TPSA) is 77.3 Å². The number of methoxy groups -OCH3 is 1. The van der Waals surface area contributed by atoms with Crippen molar-refractivity contribution in [3.63, 3.8) is 0 Å². The zero-order chi connectivity index (χ0) is 17.8. The minimum atomic E-state index is -0.976. The van der Waals surface area contributed by atoms with E-state index in [2.05, 4.69) is 15.5 Å². The Morgan fingerprint density at radius 2 is 1.92 bits per heavy atom. The Morgan fingerprint density at radius 1 is 1.16 bits per heavy atom. The molecule has 3 aromatic rings. The number of rotatable bonds is 5. The van der Waals surface area contributed by atoms with E-state index < -0.39 is 17.5 Å². The first-order valence-corrected chi connectivity index (χ1v) is 7.27. The number of nitrogens with zero attached hydrogens (tertiary/aromatic N) is 2. The van der Waals surface area contributed by atoms with E-state index in [1.54, 1.807) is 19.2 Å². The molecule has 0 saturated carbocycles. The summed E-state index contributed by atoms with van der Waals surface area (Å²) < 4.78 is 36.8. The molecule has 0 bridgehead atoms. The number of ether oxygens (including phenoxy) is 1. The molecule has 0 aliphatic heterocycles. The minimum Gasteiger partial charge on any atom is -0.497 e. The quantitative estimate of drug-likeness (QED) is 0.768. The number of nitrogens with one attached hydrogen (secondary N) is 1. The second-order valence-corrected chi connectivity index (χ2v) is 5.10. The van der Waals surface area contributed by atoms with Crippen molar-refractivity contribution in [1.82, 2.24) is 10.2 Å². The molecule has 0 saturated heterocycles. The zero-order valence-corrected chi connectivity index (χ0v) is 13.1. The second kappa shape index (κ2) is 7.08. The van der Waals surface area contributed by atoms with Gasteiger partial charge in [-0.15, -0.1) is 5.10 Å². The van der Waals surface area contributed by atoms with Crippen LogP contribution in [0.2, 0.25) is 0 Å². The van der Waals surface area contributed by atoms with Gasteiger partial charge in [0.15, 0.2) is 0 Å². The summed E-state index contributed by atoms with van der Waals surface area (Å²) in [6, 6.07) is 9.76. The number of aromatic nitrogens is 2. The standard InChI is InChI=1S/C17H13F2N3O3/c1-24-12-5-2-10(3-6-12)8-15-21-22-17(25-15)20-16(23)13-7-4-11(18)9-14(13)19/h2-7,9H,8H2,1H3,(H,20,22,23). The molecule has 1 N–H and O–H groups in total. The van der Waals surface area contributed by atoms with E-state index in [1.807, 2.05) is 12.1 Å². The summed E-state index contributed by atoms with van der Waals surface area (Å²) in [5.41, 5.74) is 0.586. The summed E-state index contributed by atoms with van der Waals surface area (Å²) in [4.78, 5) is 12.0. The Hall–Kier alpha value is -3.29. The molecule has 0 atom stereocenters. The van der Waals surface area contributed by atoms with Crippen LogP contribution in [0, 0.1) is 11.6 Å². The fourth-order valence-electron chi connectivity index (χ4n) is 2.13. The first-order chi connectivity index (χ1) is 12.0. The number of hydrogen-bond donors (Lipinski definition) is 1. The third-order valence-corrected chi connectivity index (χ3v) is 3.38. The van der Waals surface area contributed by atoms with Crippen LogP contribution in [0.4, 0.5) is 14.8 Å². The van der Waals surface area contributed by atoms with Crippen molar-refractivity contribution in [3.05, 3.63) is 71.1 Å². The Morgan fingerprint density at radius 3 is 2.60 bits per heavy atom. The molecule has 0 fully saturated rings. The number of carbonyl (C=O) groups is 1. The van der Waals surface area contributed by atoms with Crippen LogP contribution >= 0.6 is 0 Å². The van der Waals surface area contributed by atoms with E-state index in [9.17, 15) is 13.6 Å². The maximum atomic E-state index is 13.6. The maximum absolute atomic E-state index is 13.6. The average Bonchev–Trinajstić information content (AvgIpc) is 3.02.